The third kappa shape index (κ3) is 4.83. The van der Waals surface area contributed by atoms with Crippen molar-refractivity contribution in [1.82, 2.24) is 10.2 Å². The highest BCUT2D eigenvalue weighted by Crippen LogP contribution is 2.35. The Morgan fingerprint density at radius 1 is 1.13 bits per heavy atom. The molecule has 0 saturated carbocycles. The van der Waals surface area contributed by atoms with Gasteiger partial charge in [-0.25, -0.2) is 4.79 Å². The molecule has 2 fully saturated rings. The molecule has 1 amide bonds. The van der Waals surface area contributed by atoms with Crippen LogP contribution in [0, 0.1) is 17.8 Å². The zero-order valence-corrected chi connectivity index (χ0v) is 14.8. The van der Waals surface area contributed by atoms with Gasteiger partial charge in [-0.1, -0.05) is 0 Å². The predicted molar refractivity (Wildman–Crippen MR) is 87.0 cm³/mol. The molecule has 2 rings (SSSR count). The maximum Gasteiger partial charge on any atom is 0.410 e. The minimum Gasteiger partial charge on any atom is -0.469 e. The average molecular weight is 326 g/mol. The Bertz CT molecular complexity index is 425. The van der Waals surface area contributed by atoms with E-state index in [-0.39, 0.29) is 18.0 Å². The molecule has 0 aromatic heterocycles. The number of nitrogens with one attached hydrogen (secondary N) is 1. The minimum atomic E-state index is -0.459. The quantitative estimate of drug-likeness (QED) is 0.787. The van der Waals surface area contributed by atoms with E-state index in [0.717, 1.165) is 25.8 Å². The molecule has 2 unspecified atom stereocenters. The SMILES string of the molecule is COC(=O)C1CNCCC1C1CCN(C(=O)OC(C)(C)C)CC1. The van der Waals surface area contributed by atoms with Crippen molar-refractivity contribution in [2.24, 2.45) is 17.8 Å². The van der Waals surface area contributed by atoms with Crippen LogP contribution in [-0.4, -0.2) is 55.9 Å². The summed E-state index contributed by atoms with van der Waals surface area (Å²) in [4.78, 5) is 25.9. The summed E-state index contributed by atoms with van der Waals surface area (Å²) < 4.78 is 10.4. The molecule has 6 heteroatoms. The van der Waals surface area contributed by atoms with Crippen LogP contribution < -0.4 is 5.32 Å². The summed E-state index contributed by atoms with van der Waals surface area (Å²) in [5, 5.41) is 3.29. The number of carbonyl (C=O) groups is 2. The fourth-order valence-electron chi connectivity index (χ4n) is 3.69. The molecule has 2 aliphatic heterocycles. The molecule has 0 bridgehead atoms. The number of piperidine rings is 2. The van der Waals surface area contributed by atoms with E-state index in [1.165, 1.54) is 7.11 Å². The largest absolute Gasteiger partial charge is 0.469 e. The van der Waals surface area contributed by atoms with Crippen LogP contribution >= 0.6 is 0 Å². The maximum absolute atomic E-state index is 12.1. The van der Waals surface area contributed by atoms with E-state index in [9.17, 15) is 9.59 Å². The van der Waals surface area contributed by atoms with Gasteiger partial charge in [0.05, 0.1) is 13.0 Å². The van der Waals surface area contributed by atoms with E-state index < -0.39 is 5.60 Å². The lowest BCUT2D eigenvalue weighted by Gasteiger charge is -2.40. The Labute approximate surface area is 138 Å². The summed E-state index contributed by atoms with van der Waals surface area (Å²) >= 11 is 0. The van der Waals surface area contributed by atoms with E-state index in [0.29, 0.717) is 31.5 Å². The lowest BCUT2D eigenvalue weighted by molar-refractivity contribution is -0.149. The van der Waals surface area contributed by atoms with E-state index >= 15 is 0 Å². The van der Waals surface area contributed by atoms with Gasteiger partial charge in [-0.2, -0.15) is 0 Å². The molecular formula is C17H30N2O4. The monoisotopic (exact) mass is 326 g/mol. The minimum absolute atomic E-state index is 0.0631. The summed E-state index contributed by atoms with van der Waals surface area (Å²) in [6.07, 6.45) is 2.62. The van der Waals surface area contributed by atoms with Gasteiger partial charge in [-0.15, -0.1) is 0 Å². The standard InChI is InChI=1S/C17H30N2O4/c1-17(2,3)23-16(21)19-9-6-12(7-10-19)13-5-8-18-11-14(13)15(20)22-4/h12-14,18H,5-11H2,1-4H3. The Morgan fingerprint density at radius 2 is 1.78 bits per heavy atom. The molecule has 2 atom stereocenters. The lowest BCUT2D eigenvalue weighted by atomic mass is 9.73. The number of esters is 1. The second-order valence-corrected chi connectivity index (χ2v) is 7.59. The van der Waals surface area contributed by atoms with Crippen molar-refractivity contribution in [3.63, 3.8) is 0 Å². The third-order valence-corrected chi connectivity index (χ3v) is 4.84. The van der Waals surface area contributed by atoms with Crippen LogP contribution in [0.2, 0.25) is 0 Å². The van der Waals surface area contributed by atoms with Crippen molar-refractivity contribution in [3.8, 4) is 0 Å². The van der Waals surface area contributed by atoms with Crippen LogP contribution in [0.3, 0.4) is 0 Å². The highest BCUT2D eigenvalue weighted by molar-refractivity contribution is 5.73. The molecule has 0 aromatic carbocycles. The summed E-state index contributed by atoms with van der Waals surface area (Å²) in [6, 6.07) is 0. The van der Waals surface area contributed by atoms with Crippen LogP contribution in [0.1, 0.15) is 40.0 Å². The number of nitrogens with zero attached hydrogens (tertiary/aromatic N) is 1. The first kappa shape index (κ1) is 18.0. The smallest absolute Gasteiger partial charge is 0.410 e. The summed E-state index contributed by atoms with van der Waals surface area (Å²) in [7, 11) is 1.46. The number of hydrogen-bond acceptors (Lipinski definition) is 5. The number of carbonyl (C=O) groups excluding carboxylic acids is 2. The number of methoxy groups -OCH3 is 1. The Balaban J connectivity index is 1.90. The third-order valence-electron chi connectivity index (χ3n) is 4.84. The number of amides is 1. The van der Waals surface area contributed by atoms with Gasteiger partial charge in [-0.3, -0.25) is 4.79 Å². The predicted octanol–water partition coefficient (Wildman–Crippen LogP) is 2.03. The van der Waals surface area contributed by atoms with Gasteiger partial charge in [0.1, 0.15) is 5.60 Å². The average Bonchev–Trinajstić information content (AvgIpc) is 2.52. The van der Waals surface area contributed by atoms with E-state index in [1.807, 2.05) is 20.8 Å². The first-order valence-electron chi connectivity index (χ1n) is 8.58. The van der Waals surface area contributed by atoms with Crippen LogP contribution in [0.4, 0.5) is 4.79 Å². The molecule has 6 nitrogen and oxygen atoms in total. The topological polar surface area (TPSA) is 67.9 Å². The van der Waals surface area contributed by atoms with Crippen LogP contribution in [0.5, 0.6) is 0 Å². The molecule has 2 heterocycles. The molecule has 2 saturated heterocycles. The number of hydrogen-bond donors (Lipinski definition) is 1. The number of rotatable bonds is 2. The van der Waals surface area contributed by atoms with E-state index in [4.69, 9.17) is 9.47 Å². The molecule has 1 N–H and O–H groups in total. The van der Waals surface area contributed by atoms with Gasteiger partial charge < -0.3 is 19.7 Å². The second kappa shape index (κ2) is 7.51. The number of likely N-dealkylation sites (tertiary alicyclic amines) is 1. The van der Waals surface area contributed by atoms with Crippen molar-refractivity contribution < 1.29 is 19.1 Å². The first-order valence-corrected chi connectivity index (χ1v) is 8.58. The Morgan fingerprint density at radius 3 is 2.35 bits per heavy atom. The highest BCUT2D eigenvalue weighted by Gasteiger charge is 2.39. The summed E-state index contributed by atoms with van der Waals surface area (Å²) in [6.45, 7) is 8.71. The lowest BCUT2D eigenvalue weighted by Crippen LogP contribution is -2.48. The van der Waals surface area contributed by atoms with Crippen LogP contribution in [0.25, 0.3) is 0 Å². The van der Waals surface area contributed by atoms with Crippen LogP contribution in [0.15, 0.2) is 0 Å². The van der Waals surface area contributed by atoms with Gasteiger partial charge in [0.15, 0.2) is 0 Å². The second-order valence-electron chi connectivity index (χ2n) is 7.59. The van der Waals surface area contributed by atoms with Crippen LogP contribution in [-0.2, 0) is 14.3 Å². The van der Waals surface area contributed by atoms with Crippen molar-refractivity contribution in [3.05, 3.63) is 0 Å². The molecule has 132 valence electrons. The molecular weight excluding hydrogens is 296 g/mol. The van der Waals surface area contributed by atoms with Gasteiger partial charge in [0.25, 0.3) is 0 Å². The maximum atomic E-state index is 12.1. The number of ether oxygens (including phenoxy) is 2. The Hall–Kier alpha value is -1.30. The van der Waals surface area contributed by atoms with Crippen molar-refractivity contribution in [1.29, 1.82) is 0 Å². The normalized spacial score (nSPS) is 26.7. The zero-order chi connectivity index (χ0) is 17.0. The van der Waals surface area contributed by atoms with Gasteiger partial charge >= 0.3 is 12.1 Å². The highest BCUT2D eigenvalue weighted by atomic mass is 16.6. The van der Waals surface area contributed by atoms with Crippen molar-refractivity contribution in [2.45, 2.75) is 45.6 Å². The fourth-order valence-corrected chi connectivity index (χ4v) is 3.69. The molecule has 0 aromatic rings. The molecule has 0 spiro atoms. The van der Waals surface area contributed by atoms with Gasteiger partial charge in [-0.05, 0) is 58.4 Å². The van der Waals surface area contributed by atoms with E-state index in [2.05, 4.69) is 5.32 Å². The fraction of sp³-hybridized carbons (Fsp3) is 0.882. The zero-order valence-electron chi connectivity index (χ0n) is 14.8. The molecule has 0 radical (unpaired) electrons. The Kier molecular flexibility index (Phi) is 5.89. The van der Waals surface area contributed by atoms with Gasteiger partial charge in [0, 0.05) is 19.6 Å². The van der Waals surface area contributed by atoms with Gasteiger partial charge in [0.2, 0.25) is 0 Å². The summed E-state index contributed by atoms with van der Waals surface area (Å²) in [5.74, 6) is 0.646. The van der Waals surface area contributed by atoms with E-state index in [1.54, 1.807) is 4.90 Å². The first-order chi connectivity index (χ1) is 10.8. The summed E-state index contributed by atoms with van der Waals surface area (Å²) in [5.41, 5.74) is -0.459. The molecule has 2 aliphatic rings. The van der Waals surface area contributed by atoms with Crippen molar-refractivity contribution in [2.75, 3.05) is 33.3 Å². The molecule has 0 aliphatic carbocycles. The molecule has 23 heavy (non-hydrogen) atoms. The van der Waals surface area contributed by atoms with Crippen molar-refractivity contribution >= 4 is 12.1 Å².